The van der Waals surface area contributed by atoms with E-state index in [1.54, 1.807) is 36.4 Å². The van der Waals surface area contributed by atoms with Gasteiger partial charge in [-0.25, -0.2) is 4.98 Å². The van der Waals surface area contributed by atoms with E-state index in [9.17, 15) is 9.59 Å². The van der Waals surface area contributed by atoms with Gasteiger partial charge in [-0.05, 0) is 37.3 Å². The molecule has 0 fully saturated rings. The zero-order chi connectivity index (χ0) is 17.8. The van der Waals surface area contributed by atoms with Crippen LogP contribution >= 0.6 is 11.6 Å². The molecule has 0 saturated heterocycles. The molecule has 7 heteroatoms. The largest absolute Gasteiger partial charge is 0.492 e. The SMILES string of the molecule is CCOc1ccccc1NC(=O)Cn1cnc2ccc(Cl)cc2c1=O. The molecule has 1 aromatic heterocycles. The van der Waals surface area contributed by atoms with Gasteiger partial charge in [0.1, 0.15) is 12.3 Å². The molecule has 128 valence electrons. The second-order valence-electron chi connectivity index (χ2n) is 5.32. The minimum absolute atomic E-state index is 0.158. The summed E-state index contributed by atoms with van der Waals surface area (Å²) in [6.07, 6.45) is 1.35. The summed E-state index contributed by atoms with van der Waals surface area (Å²) in [7, 11) is 0. The van der Waals surface area contributed by atoms with Gasteiger partial charge in [0.05, 0.1) is 29.5 Å². The van der Waals surface area contributed by atoms with Crippen LogP contribution in [0.2, 0.25) is 5.02 Å². The topological polar surface area (TPSA) is 73.2 Å². The van der Waals surface area contributed by atoms with Gasteiger partial charge in [0.25, 0.3) is 5.56 Å². The van der Waals surface area contributed by atoms with Gasteiger partial charge in [0.15, 0.2) is 0 Å². The van der Waals surface area contributed by atoms with E-state index in [0.29, 0.717) is 34.0 Å². The molecule has 0 aliphatic heterocycles. The van der Waals surface area contributed by atoms with Gasteiger partial charge in [-0.3, -0.25) is 14.2 Å². The zero-order valence-electron chi connectivity index (χ0n) is 13.5. The molecule has 1 amide bonds. The van der Waals surface area contributed by atoms with Crippen molar-refractivity contribution in [2.45, 2.75) is 13.5 Å². The molecule has 0 bridgehead atoms. The van der Waals surface area contributed by atoms with Crippen LogP contribution in [0, 0.1) is 0 Å². The number of rotatable bonds is 5. The van der Waals surface area contributed by atoms with Crippen molar-refractivity contribution in [3.8, 4) is 5.75 Å². The third-order valence-electron chi connectivity index (χ3n) is 3.56. The standard InChI is InChI=1S/C18H16ClN3O3/c1-2-25-16-6-4-3-5-15(16)21-17(23)10-22-11-20-14-8-7-12(19)9-13(14)18(22)24/h3-9,11H,2,10H2,1H3,(H,21,23). The number of carbonyl (C=O) groups excluding carboxylic acids is 1. The number of benzene rings is 2. The van der Waals surface area contributed by atoms with Crippen molar-refractivity contribution < 1.29 is 9.53 Å². The number of ether oxygens (including phenoxy) is 1. The van der Waals surface area contributed by atoms with Gasteiger partial charge in [-0.15, -0.1) is 0 Å². The van der Waals surface area contributed by atoms with Gasteiger partial charge in [-0.2, -0.15) is 0 Å². The number of hydrogen-bond donors (Lipinski definition) is 1. The maximum atomic E-state index is 12.5. The molecular formula is C18H16ClN3O3. The summed E-state index contributed by atoms with van der Waals surface area (Å²) in [5.74, 6) is 0.228. The Hall–Kier alpha value is -2.86. The number of hydrogen-bond acceptors (Lipinski definition) is 4. The van der Waals surface area contributed by atoms with Crippen LogP contribution < -0.4 is 15.6 Å². The minimum Gasteiger partial charge on any atom is -0.492 e. The highest BCUT2D eigenvalue weighted by Gasteiger charge is 2.11. The lowest BCUT2D eigenvalue weighted by molar-refractivity contribution is -0.116. The molecule has 1 heterocycles. The van der Waals surface area contributed by atoms with Crippen molar-refractivity contribution in [2.24, 2.45) is 0 Å². The van der Waals surface area contributed by atoms with Crippen molar-refractivity contribution in [3.63, 3.8) is 0 Å². The van der Waals surface area contributed by atoms with Crippen LogP contribution in [0.1, 0.15) is 6.92 Å². The fraction of sp³-hybridized carbons (Fsp3) is 0.167. The van der Waals surface area contributed by atoms with E-state index in [1.165, 1.54) is 10.9 Å². The highest BCUT2D eigenvalue weighted by molar-refractivity contribution is 6.31. The molecule has 3 aromatic rings. The summed E-state index contributed by atoms with van der Waals surface area (Å²) in [6, 6.07) is 12.0. The minimum atomic E-state index is -0.350. The summed E-state index contributed by atoms with van der Waals surface area (Å²) in [4.78, 5) is 29.0. The van der Waals surface area contributed by atoms with Crippen molar-refractivity contribution in [1.29, 1.82) is 0 Å². The number of aromatic nitrogens is 2. The molecule has 0 spiro atoms. The summed E-state index contributed by atoms with van der Waals surface area (Å²) in [6.45, 7) is 2.19. The number of fused-ring (bicyclic) bond motifs is 1. The molecule has 6 nitrogen and oxygen atoms in total. The Morgan fingerprint density at radius 3 is 2.88 bits per heavy atom. The number of amides is 1. The number of nitrogens with zero attached hydrogens (tertiary/aromatic N) is 2. The maximum absolute atomic E-state index is 12.5. The Kier molecular flexibility index (Phi) is 5.00. The third-order valence-corrected chi connectivity index (χ3v) is 3.80. The number of carbonyl (C=O) groups is 1. The van der Waals surface area contributed by atoms with Crippen LogP contribution in [0.4, 0.5) is 5.69 Å². The van der Waals surface area contributed by atoms with Gasteiger partial charge in [0.2, 0.25) is 5.91 Å². The molecule has 25 heavy (non-hydrogen) atoms. The quantitative estimate of drug-likeness (QED) is 0.761. The smallest absolute Gasteiger partial charge is 0.261 e. The van der Waals surface area contributed by atoms with Crippen LogP contribution in [0.25, 0.3) is 10.9 Å². The Morgan fingerprint density at radius 2 is 2.08 bits per heavy atom. The number of anilines is 1. The van der Waals surface area contributed by atoms with Gasteiger partial charge in [0, 0.05) is 5.02 Å². The first-order valence-corrected chi connectivity index (χ1v) is 8.12. The average molecular weight is 358 g/mol. The van der Waals surface area contributed by atoms with Crippen LogP contribution in [0.3, 0.4) is 0 Å². The second-order valence-corrected chi connectivity index (χ2v) is 5.75. The highest BCUT2D eigenvalue weighted by atomic mass is 35.5. The van der Waals surface area contributed by atoms with Crippen LogP contribution in [0.15, 0.2) is 53.6 Å². The Morgan fingerprint density at radius 1 is 1.28 bits per heavy atom. The van der Waals surface area contributed by atoms with Gasteiger partial charge >= 0.3 is 0 Å². The highest BCUT2D eigenvalue weighted by Crippen LogP contribution is 2.23. The summed E-state index contributed by atoms with van der Waals surface area (Å²) >= 11 is 5.93. The molecule has 0 aliphatic carbocycles. The molecule has 0 aliphatic rings. The number of halogens is 1. The van der Waals surface area contributed by atoms with E-state index < -0.39 is 0 Å². The average Bonchev–Trinajstić information content (AvgIpc) is 2.60. The Labute approximate surface area is 149 Å². The molecule has 3 rings (SSSR count). The van der Waals surface area contributed by atoms with Crippen molar-refractivity contribution in [3.05, 3.63) is 64.2 Å². The first-order valence-electron chi connectivity index (χ1n) is 7.75. The Balaban J connectivity index is 1.83. The maximum Gasteiger partial charge on any atom is 0.261 e. The summed E-state index contributed by atoms with van der Waals surface area (Å²) < 4.78 is 6.72. The van der Waals surface area contributed by atoms with Gasteiger partial charge < -0.3 is 10.1 Å². The summed E-state index contributed by atoms with van der Waals surface area (Å²) in [5, 5.41) is 3.57. The molecule has 1 N–H and O–H groups in total. The fourth-order valence-corrected chi connectivity index (χ4v) is 2.61. The first-order chi connectivity index (χ1) is 12.1. The van der Waals surface area contributed by atoms with Crippen LogP contribution in [-0.2, 0) is 11.3 Å². The predicted molar refractivity (Wildman–Crippen MR) is 97.3 cm³/mol. The summed E-state index contributed by atoms with van der Waals surface area (Å²) in [5.41, 5.74) is 0.771. The third kappa shape index (κ3) is 3.80. The second kappa shape index (κ2) is 7.36. The van der Waals surface area contributed by atoms with Gasteiger partial charge in [-0.1, -0.05) is 23.7 Å². The van der Waals surface area contributed by atoms with Crippen LogP contribution in [0.5, 0.6) is 5.75 Å². The molecule has 0 unspecified atom stereocenters. The first kappa shape index (κ1) is 17.0. The normalized spacial score (nSPS) is 10.6. The van der Waals surface area contributed by atoms with Crippen molar-refractivity contribution in [2.75, 3.05) is 11.9 Å². The van der Waals surface area contributed by atoms with E-state index in [4.69, 9.17) is 16.3 Å². The predicted octanol–water partition coefficient (Wildman–Crippen LogP) is 3.09. The number of nitrogens with one attached hydrogen (secondary N) is 1. The lowest BCUT2D eigenvalue weighted by Gasteiger charge is -2.12. The molecule has 0 radical (unpaired) electrons. The zero-order valence-corrected chi connectivity index (χ0v) is 14.3. The van der Waals surface area contributed by atoms with E-state index in [0.717, 1.165) is 0 Å². The Bertz CT molecular complexity index is 985. The van der Waals surface area contributed by atoms with E-state index in [1.807, 2.05) is 13.0 Å². The number of para-hydroxylation sites is 2. The van der Waals surface area contributed by atoms with E-state index in [2.05, 4.69) is 10.3 Å². The molecule has 0 atom stereocenters. The van der Waals surface area contributed by atoms with Crippen molar-refractivity contribution >= 4 is 34.1 Å². The molecule has 2 aromatic carbocycles. The molecule has 0 saturated carbocycles. The van der Waals surface area contributed by atoms with E-state index in [-0.39, 0.29) is 18.0 Å². The lowest BCUT2D eigenvalue weighted by atomic mass is 10.2. The van der Waals surface area contributed by atoms with Crippen molar-refractivity contribution in [1.82, 2.24) is 9.55 Å². The van der Waals surface area contributed by atoms with Crippen LogP contribution in [-0.4, -0.2) is 22.1 Å². The monoisotopic (exact) mass is 357 g/mol. The van der Waals surface area contributed by atoms with E-state index >= 15 is 0 Å². The lowest BCUT2D eigenvalue weighted by Crippen LogP contribution is -2.28. The fourth-order valence-electron chi connectivity index (χ4n) is 2.44. The molecular weight excluding hydrogens is 342 g/mol.